The topological polar surface area (TPSA) is 67.4 Å². The van der Waals surface area contributed by atoms with Gasteiger partial charge in [0.25, 0.3) is 0 Å². The molecule has 5 nitrogen and oxygen atoms in total. The van der Waals surface area contributed by atoms with E-state index in [2.05, 4.69) is 10.0 Å². The van der Waals surface area contributed by atoms with Crippen LogP contribution in [-0.4, -0.2) is 26.6 Å². The maximum atomic E-state index is 12.4. The standard InChI is InChI=1S/C15H22N2O3S/c1-15(2)10-16-13-9-12(7-8-14(13)20-15)21(18,19)17-11-5-3-4-6-11/h7-9,11,16-17H,3-6,10H2,1-2H3. The number of fused-ring (bicyclic) bond motifs is 1. The van der Waals surface area contributed by atoms with Crippen molar-refractivity contribution in [1.29, 1.82) is 0 Å². The van der Waals surface area contributed by atoms with Crippen LogP contribution in [0.15, 0.2) is 23.1 Å². The van der Waals surface area contributed by atoms with Crippen LogP contribution in [0.4, 0.5) is 5.69 Å². The lowest BCUT2D eigenvalue weighted by atomic mass is 10.1. The van der Waals surface area contributed by atoms with Gasteiger partial charge in [0.05, 0.1) is 17.1 Å². The summed E-state index contributed by atoms with van der Waals surface area (Å²) in [6.45, 7) is 4.64. The van der Waals surface area contributed by atoms with Crippen molar-refractivity contribution in [2.45, 2.75) is 56.1 Å². The largest absolute Gasteiger partial charge is 0.484 e. The zero-order valence-corrected chi connectivity index (χ0v) is 13.3. The van der Waals surface area contributed by atoms with Crippen molar-refractivity contribution in [1.82, 2.24) is 4.72 Å². The Labute approximate surface area is 126 Å². The highest BCUT2D eigenvalue weighted by molar-refractivity contribution is 7.89. The molecule has 116 valence electrons. The SMILES string of the molecule is CC1(C)CNc2cc(S(=O)(=O)NC3CCCC3)ccc2O1. The highest BCUT2D eigenvalue weighted by Crippen LogP contribution is 2.34. The summed E-state index contributed by atoms with van der Waals surface area (Å²) in [7, 11) is -3.45. The van der Waals surface area contributed by atoms with Gasteiger partial charge in [-0.25, -0.2) is 13.1 Å². The zero-order valence-electron chi connectivity index (χ0n) is 12.5. The Morgan fingerprint density at radius 1 is 1.29 bits per heavy atom. The number of benzene rings is 1. The van der Waals surface area contributed by atoms with E-state index in [1.54, 1.807) is 18.2 Å². The van der Waals surface area contributed by atoms with Gasteiger partial charge in [-0.2, -0.15) is 0 Å². The van der Waals surface area contributed by atoms with Crippen molar-refractivity contribution in [3.05, 3.63) is 18.2 Å². The molecule has 6 heteroatoms. The molecule has 1 aliphatic heterocycles. The molecule has 1 heterocycles. The molecular weight excluding hydrogens is 288 g/mol. The third-order valence-electron chi connectivity index (χ3n) is 4.03. The normalized spacial score (nSPS) is 21.4. The molecule has 0 unspecified atom stereocenters. The fourth-order valence-corrected chi connectivity index (χ4v) is 4.21. The van der Waals surface area contributed by atoms with Crippen molar-refractivity contribution in [3.63, 3.8) is 0 Å². The Morgan fingerprint density at radius 2 is 2.00 bits per heavy atom. The van der Waals surface area contributed by atoms with E-state index >= 15 is 0 Å². The van der Waals surface area contributed by atoms with Crippen LogP contribution in [0.25, 0.3) is 0 Å². The van der Waals surface area contributed by atoms with E-state index in [1.807, 2.05) is 13.8 Å². The van der Waals surface area contributed by atoms with Crippen LogP contribution in [0.2, 0.25) is 0 Å². The first kappa shape index (κ1) is 14.7. The Balaban J connectivity index is 1.83. The lowest BCUT2D eigenvalue weighted by molar-refractivity contribution is 0.116. The lowest BCUT2D eigenvalue weighted by Gasteiger charge is -2.33. The van der Waals surface area contributed by atoms with E-state index in [4.69, 9.17) is 4.74 Å². The van der Waals surface area contributed by atoms with Gasteiger partial charge in [0.15, 0.2) is 0 Å². The molecule has 1 aliphatic carbocycles. The summed E-state index contributed by atoms with van der Waals surface area (Å²) in [6.07, 6.45) is 4.06. The average Bonchev–Trinajstić information content (AvgIpc) is 2.89. The molecule has 0 bridgehead atoms. The summed E-state index contributed by atoms with van der Waals surface area (Å²) in [4.78, 5) is 0.295. The van der Waals surface area contributed by atoms with Crippen LogP contribution in [0.5, 0.6) is 5.75 Å². The summed E-state index contributed by atoms with van der Waals surface area (Å²) in [5.41, 5.74) is 0.457. The molecule has 1 aromatic rings. The van der Waals surface area contributed by atoms with E-state index in [9.17, 15) is 8.42 Å². The van der Waals surface area contributed by atoms with Crippen LogP contribution in [-0.2, 0) is 10.0 Å². The van der Waals surface area contributed by atoms with Crippen LogP contribution >= 0.6 is 0 Å². The number of nitrogens with one attached hydrogen (secondary N) is 2. The first-order chi connectivity index (χ1) is 9.86. The van der Waals surface area contributed by atoms with Gasteiger partial charge in [0, 0.05) is 6.04 Å². The number of hydrogen-bond donors (Lipinski definition) is 2. The maximum Gasteiger partial charge on any atom is 0.240 e. The summed E-state index contributed by atoms with van der Waals surface area (Å²) in [5.74, 6) is 0.700. The van der Waals surface area contributed by atoms with Gasteiger partial charge < -0.3 is 10.1 Å². The third-order valence-corrected chi connectivity index (χ3v) is 5.55. The maximum absolute atomic E-state index is 12.4. The molecule has 0 spiro atoms. The number of rotatable bonds is 3. The average molecular weight is 310 g/mol. The molecule has 0 saturated heterocycles. The summed E-state index contributed by atoms with van der Waals surface area (Å²) in [5, 5.41) is 3.24. The molecule has 1 saturated carbocycles. The van der Waals surface area contributed by atoms with Gasteiger partial charge in [-0.3, -0.25) is 0 Å². The van der Waals surface area contributed by atoms with E-state index in [0.29, 0.717) is 17.2 Å². The fourth-order valence-electron chi connectivity index (χ4n) is 2.88. The predicted molar refractivity (Wildman–Crippen MR) is 82.2 cm³/mol. The second-order valence-corrected chi connectivity index (χ2v) is 8.19. The van der Waals surface area contributed by atoms with Gasteiger partial charge in [-0.1, -0.05) is 12.8 Å². The minimum atomic E-state index is -3.45. The van der Waals surface area contributed by atoms with Gasteiger partial charge in [-0.05, 0) is 44.9 Å². The van der Waals surface area contributed by atoms with Crippen molar-refractivity contribution in [2.75, 3.05) is 11.9 Å². The van der Waals surface area contributed by atoms with Crippen LogP contribution in [0, 0.1) is 0 Å². The Bertz CT molecular complexity index is 634. The van der Waals surface area contributed by atoms with Gasteiger partial charge in [0.1, 0.15) is 11.4 Å². The zero-order chi connectivity index (χ0) is 15.1. The van der Waals surface area contributed by atoms with Crippen LogP contribution in [0.3, 0.4) is 0 Å². The monoisotopic (exact) mass is 310 g/mol. The van der Waals surface area contributed by atoms with E-state index in [0.717, 1.165) is 31.4 Å². The first-order valence-electron chi connectivity index (χ1n) is 7.45. The Hall–Kier alpha value is -1.27. The van der Waals surface area contributed by atoms with Gasteiger partial charge >= 0.3 is 0 Å². The number of anilines is 1. The Kier molecular flexibility index (Phi) is 3.61. The summed E-state index contributed by atoms with van der Waals surface area (Å²) < 4.78 is 33.5. The highest BCUT2D eigenvalue weighted by Gasteiger charge is 2.28. The molecule has 2 aliphatic rings. The molecule has 1 fully saturated rings. The highest BCUT2D eigenvalue weighted by atomic mass is 32.2. The minimum Gasteiger partial charge on any atom is -0.484 e. The van der Waals surface area contributed by atoms with Crippen molar-refractivity contribution < 1.29 is 13.2 Å². The second-order valence-electron chi connectivity index (χ2n) is 6.48. The molecule has 2 N–H and O–H groups in total. The predicted octanol–water partition coefficient (Wildman–Crippen LogP) is 2.49. The van der Waals surface area contributed by atoms with Crippen molar-refractivity contribution in [3.8, 4) is 5.75 Å². The summed E-state index contributed by atoms with van der Waals surface area (Å²) in [6, 6.07) is 5.07. The molecule has 0 atom stereocenters. The van der Waals surface area contributed by atoms with E-state index < -0.39 is 10.0 Å². The van der Waals surface area contributed by atoms with Gasteiger partial charge in [-0.15, -0.1) is 0 Å². The van der Waals surface area contributed by atoms with Crippen molar-refractivity contribution in [2.24, 2.45) is 0 Å². The number of ether oxygens (including phenoxy) is 1. The molecule has 3 rings (SSSR count). The molecule has 1 aromatic carbocycles. The smallest absolute Gasteiger partial charge is 0.240 e. The van der Waals surface area contributed by atoms with Crippen molar-refractivity contribution >= 4 is 15.7 Å². The quantitative estimate of drug-likeness (QED) is 0.900. The fraction of sp³-hybridized carbons (Fsp3) is 0.600. The summed E-state index contributed by atoms with van der Waals surface area (Å²) >= 11 is 0. The van der Waals surface area contributed by atoms with Crippen LogP contribution in [0.1, 0.15) is 39.5 Å². The van der Waals surface area contributed by atoms with Crippen LogP contribution < -0.4 is 14.8 Å². The number of sulfonamides is 1. The molecule has 0 aromatic heterocycles. The molecular formula is C15H22N2O3S. The molecule has 0 radical (unpaired) electrons. The first-order valence-corrected chi connectivity index (χ1v) is 8.93. The minimum absolute atomic E-state index is 0.0779. The van der Waals surface area contributed by atoms with Gasteiger partial charge in [0.2, 0.25) is 10.0 Å². The Morgan fingerprint density at radius 3 is 2.71 bits per heavy atom. The lowest BCUT2D eigenvalue weighted by Crippen LogP contribution is -2.40. The van der Waals surface area contributed by atoms with E-state index in [-0.39, 0.29) is 11.6 Å². The van der Waals surface area contributed by atoms with E-state index in [1.165, 1.54) is 0 Å². The molecule has 0 amide bonds. The number of hydrogen-bond acceptors (Lipinski definition) is 4. The second kappa shape index (κ2) is 5.18. The molecule has 21 heavy (non-hydrogen) atoms. The third kappa shape index (κ3) is 3.16.